The number of anilines is 2. The normalized spacial score (nSPS) is 10.2. The van der Waals surface area contributed by atoms with E-state index >= 15 is 0 Å². The van der Waals surface area contributed by atoms with E-state index in [0.717, 1.165) is 11.3 Å². The molecule has 3 heterocycles. The van der Waals surface area contributed by atoms with Gasteiger partial charge in [-0.1, -0.05) is 6.07 Å². The Labute approximate surface area is 139 Å². The van der Waals surface area contributed by atoms with Gasteiger partial charge in [0.2, 0.25) is 5.91 Å². The van der Waals surface area contributed by atoms with Crippen LogP contribution in [0, 0.1) is 6.92 Å². The summed E-state index contributed by atoms with van der Waals surface area (Å²) in [5, 5.41) is 5.71. The number of amides is 1. The summed E-state index contributed by atoms with van der Waals surface area (Å²) in [6, 6.07) is 10.8. The molecular formula is C17H16N6O. The number of hydrogen-bond donors (Lipinski definition) is 2. The van der Waals surface area contributed by atoms with Gasteiger partial charge in [-0.2, -0.15) is 0 Å². The highest BCUT2D eigenvalue weighted by molar-refractivity contribution is 5.92. The zero-order valence-electron chi connectivity index (χ0n) is 13.1. The number of nitrogens with one attached hydrogen (secondary N) is 2. The van der Waals surface area contributed by atoms with Gasteiger partial charge in [0.25, 0.3) is 0 Å². The molecule has 1 amide bonds. The standard InChI is InChI=1S/C17H16N6O/c1-12-9-15(23-17(21-12)13-5-4-7-18-10-13)20-11-16(24)22-14-6-2-3-8-19-14/h2-10H,11H2,1H3,(H,19,22,24)(H,20,21,23). The van der Waals surface area contributed by atoms with Crippen molar-refractivity contribution < 1.29 is 4.79 Å². The number of hydrogen-bond acceptors (Lipinski definition) is 6. The minimum absolute atomic E-state index is 0.0828. The lowest BCUT2D eigenvalue weighted by Gasteiger charge is -2.09. The lowest BCUT2D eigenvalue weighted by atomic mass is 10.2. The number of aryl methyl sites for hydroxylation is 1. The Bertz CT molecular complexity index is 823. The largest absolute Gasteiger partial charge is 0.361 e. The Kier molecular flexibility index (Phi) is 4.71. The van der Waals surface area contributed by atoms with Crippen LogP contribution in [0.25, 0.3) is 11.4 Å². The lowest BCUT2D eigenvalue weighted by molar-refractivity contribution is -0.114. The molecule has 0 bridgehead atoms. The minimum atomic E-state index is -0.201. The predicted octanol–water partition coefficient (Wildman–Crippen LogP) is 2.29. The van der Waals surface area contributed by atoms with E-state index in [1.165, 1.54) is 0 Å². The van der Waals surface area contributed by atoms with Crippen LogP contribution in [-0.2, 0) is 4.79 Å². The van der Waals surface area contributed by atoms with Gasteiger partial charge in [0.1, 0.15) is 11.6 Å². The molecule has 0 unspecified atom stereocenters. The molecule has 24 heavy (non-hydrogen) atoms. The number of carbonyl (C=O) groups excluding carboxylic acids is 1. The Morgan fingerprint density at radius 1 is 1.08 bits per heavy atom. The maximum Gasteiger partial charge on any atom is 0.244 e. The molecule has 3 aromatic rings. The molecule has 0 saturated carbocycles. The van der Waals surface area contributed by atoms with Crippen molar-refractivity contribution in [2.24, 2.45) is 0 Å². The SMILES string of the molecule is Cc1cc(NCC(=O)Nc2ccccn2)nc(-c2cccnc2)n1. The molecular weight excluding hydrogens is 304 g/mol. The van der Waals surface area contributed by atoms with E-state index in [4.69, 9.17) is 0 Å². The molecule has 0 aliphatic rings. The van der Waals surface area contributed by atoms with Crippen LogP contribution < -0.4 is 10.6 Å². The highest BCUT2D eigenvalue weighted by Crippen LogP contribution is 2.16. The molecule has 0 radical (unpaired) electrons. The molecule has 2 N–H and O–H groups in total. The average Bonchev–Trinajstić information content (AvgIpc) is 2.61. The zero-order valence-corrected chi connectivity index (χ0v) is 13.1. The summed E-state index contributed by atoms with van der Waals surface area (Å²) < 4.78 is 0. The van der Waals surface area contributed by atoms with Crippen molar-refractivity contribution in [2.45, 2.75) is 6.92 Å². The predicted molar refractivity (Wildman–Crippen MR) is 91.4 cm³/mol. The zero-order chi connectivity index (χ0) is 16.8. The van der Waals surface area contributed by atoms with Crippen molar-refractivity contribution in [3.8, 4) is 11.4 Å². The van der Waals surface area contributed by atoms with Gasteiger partial charge >= 0.3 is 0 Å². The van der Waals surface area contributed by atoms with Crippen molar-refractivity contribution in [3.05, 3.63) is 60.7 Å². The molecule has 3 rings (SSSR count). The van der Waals surface area contributed by atoms with Crippen LogP contribution in [0.1, 0.15) is 5.69 Å². The molecule has 0 saturated heterocycles. The van der Waals surface area contributed by atoms with Crippen LogP contribution in [0.5, 0.6) is 0 Å². The first-order chi connectivity index (χ1) is 11.7. The Morgan fingerprint density at radius 3 is 2.75 bits per heavy atom. The Morgan fingerprint density at radius 2 is 2.00 bits per heavy atom. The van der Waals surface area contributed by atoms with Crippen LogP contribution in [0.15, 0.2) is 55.0 Å². The summed E-state index contributed by atoms with van der Waals surface area (Å²) in [5.41, 5.74) is 1.62. The second-order valence-electron chi connectivity index (χ2n) is 5.08. The van der Waals surface area contributed by atoms with E-state index < -0.39 is 0 Å². The fraction of sp³-hybridized carbons (Fsp3) is 0.118. The molecule has 0 atom stereocenters. The third kappa shape index (κ3) is 4.10. The first-order valence-electron chi connectivity index (χ1n) is 7.41. The van der Waals surface area contributed by atoms with Crippen LogP contribution in [-0.4, -0.2) is 32.4 Å². The minimum Gasteiger partial charge on any atom is -0.361 e. The van der Waals surface area contributed by atoms with Crippen LogP contribution in [0.4, 0.5) is 11.6 Å². The molecule has 0 aromatic carbocycles. The fourth-order valence-electron chi connectivity index (χ4n) is 2.08. The van der Waals surface area contributed by atoms with E-state index in [9.17, 15) is 4.79 Å². The van der Waals surface area contributed by atoms with Crippen LogP contribution >= 0.6 is 0 Å². The third-order valence-corrected chi connectivity index (χ3v) is 3.14. The molecule has 0 aliphatic carbocycles. The molecule has 0 fully saturated rings. The first-order valence-corrected chi connectivity index (χ1v) is 7.41. The van der Waals surface area contributed by atoms with Gasteiger partial charge in [0.15, 0.2) is 5.82 Å². The molecule has 0 aliphatic heterocycles. The fourth-order valence-corrected chi connectivity index (χ4v) is 2.08. The van der Waals surface area contributed by atoms with E-state index in [1.807, 2.05) is 25.1 Å². The van der Waals surface area contributed by atoms with E-state index in [0.29, 0.717) is 17.5 Å². The second-order valence-corrected chi connectivity index (χ2v) is 5.08. The lowest BCUT2D eigenvalue weighted by Crippen LogP contribution is -2.22. The van der Waals surface area contributed by atoms with Gasteiger partial charge in [-0.05, 0) is 31.2 Å². The maximum atomic E-state index is 12.0. The summed E-state index contributed by atoms with van der Waals surface area (Å²) in [5.74, 6) is 1.46. The quantitative estimate of drug-likeness (QED) is 0.749. The van der Waals surface area contributed by atoms with E-state index in [-0.39, 0.29) is 12.5 Å². The van der Waals surface area contributed by atoms with Crippen molar-refractivity contribution in [1.82, 2.24) is 19.9 Å². The van der Waals surface area contributed by atoms with Crippen molar-refractivity contribution in [2.75, 3.05) is 17.2 Å². The summed E-state index contributed by atoms with van der Waals surface area (Å²) in [4.78, 5) is 28.9. The second kappa shape index (κ2) is 7.28. The van der Waals surface area contributed by atoms with Gasteiger partial charge in [0, 0.05) is 35.9 Å². The topological polar surface area (TPSA) is 92.7 Å². The van der Waals surface area contributed by atoms with Gasteiger partial charge in [-0.3, -0.25) is 9.78 Å². The number of aromatic nitrogens is 4. The van der Waals surface area contributed by atoms with Crippen LogP contribution in [0.2, 0.25) is 0 Å². The van der Waals surface area contributed by atoms with Gasteiger partial charge < -0.3 is 10.6 Å². The summed E-state index contributed by atoms with van der Waals surface area (Å²) >= 11 is 0. The highest BCUT2D eigenvalue weighted by atomic mass is 16.2. The molecule has 0 spiro atoms. The van der Waals surface area contributed by atoms with Crippen molar-refractivity contribution in [1.29, 1.82) is 0 Å². The summed E-state index contributed by atoms with van der Waals surface area (Å²) in [6.07, 6.45) is 5.02. The average molecular weight is 320 g/mol. The third-order valence-electron chi connectivity index (χ3n) is 3.14. The van der Waals surface area contributed by atoms with Crippen LogP contribution in [0.3, 0.4) is 0 Å². The molecule has 7 nitrogen and oxygen atoms in total. The number of carbonyl (C=O) groups is 1. The maximum absolute atomic E-state index is 12.0. The molecule has 7 heteroatoms. The molecule has 3 aromatic heterocycles. The first kappa shape index (κ1) is 15.5. The van der Waals surface area contributed by atoms with Gasteiger partial charge in [-0.25, -0.2) is 15.0 Å². The Hall–Kier alpha value is -3.35. The highest BCUT2D eigenvalue weighted by Gasteiger charge is 2.07. The molecule has 120 valence electrons. The number of rotatable bonds is 5. The number of nitrogens with zero attached hydrogens (tertiary/aromatic N) is 4. The summed E-state index contributed by atoms with van der Waals surface area (Å²) in [7, 11) is 0. The van der Waals surface area contributed by atoms with Crippen molar-refractivity contribution in [3.63, 3.8) is 0 Å². The number of pyridine rings is 2. The van der Waals surface area contributed by atoms with Crippen molar-refractivity contribution >= 4 is 17.5 Å². The van der Waals surface area contributed by atoms with E-state index in [2.05, 4.69) is 30.6 Å². The van der Waals surface area contributed by atoms with Gasteiger partial charge in [0.05, 0.1) is 6.54 Å². The Balaban J connectivity index is 1.67. The van der Waals surface area contributed by atoms with Gasteiger partial charge in [-0.15, -0.1) is 0 Å². The monoisotopic (exact) mass is 320 g/mol. The van der Waals surface area contributed by atoms with E-state index in [1.54, 1.807) is 36.8 Å². The summed E-state index contributed by atoms with van der Waals surface area (Å²) in [6.45, 7) is 1.96. The smallest absolute Gasteiger partial charge is 0.244 e.